The smallest absolute Gasteiger partial charge is 0.273 e. The minimum atomic E-state index is -1.47. The lowest BCUT2D eigenvalue weighted by atomic mass is 9.95. The van der Waals surface area contributed by atoms with Gasteiger partial charge in [-0.25, -0.2) is 9.97 Å². The van der Waals surface area contributed by atoms with E-state index < -0.39 is 30.8 Å². The lowest BCUT2D eigenvalue weighted by Crippen LogP contribution is -2.47. The van der Waals surface area contributed by atoms with E-state index in [-0.39, 0.29) is 35.7 Å². The summed E-state index contributed by atoms with van der Waals surface area (Å²) in [6.45, 7) is 6.64. The fraction of sp³-hybridized carbons (Fsp3) is 0.514. The maximum atomic E-state index is 12.9. The number of hydrogen-bond donors (Lipinski definition) is 9. The molecular weight excluding hydrogens is 652 g/mol. The highest BCUT2D eigenvalue weighted by molar-refractivity contribution is 5.96. The molecule has 0 radical (unpaired) electrons. The number of anilines is 2. The zero-order valence-electron chi connectivity index (χ0n) is 29.8. The molecule has 0 aliphatic rings. The summed E-state index contributed by atoms with van der Waals surface area (Å²) < 4.78 is 0. The van der Waals surface area contributed by atoms with Crippen molar-refractivity contribution >= 4 is 23.5 Å². The summed E-state index contributed by atoms with van der Waals surface area (Å²) in [5.74, 6) is -0.471. The van der Waals surface area contributed by atoms with Gasteiger partial charge in [0.25, 0.3) is 11.8 Å². The second-order valence-electron chi connectivity index (χ2n) is 13.0. The topological polar surface area (TPSA) is 232 Å². The Morgan fingerprint density at radius 1 is 0.902 bits per heavy atom. The molecule has 14 heteroatoms. The van der Waals surface area contributed by atoms with E-state index in [9.17, 15) is 24.9 Å². The van der Waals surface area contributed by atoms with E-state index in [2.05, 4.69) is 51.9 Å². The number of nitrogen functional groups attached to an aromatic ring is 2. The van der Waals surface area contributed by atoms with Gasteiger partial charge in [0.2, 0.25) is 0 Å². The first-order chi connectivity index (χ1) is 24.5. The number of carbonyl (C=O) groups excluding carboxylic acids is 2. The molecule has 3 aromatic rings. The molecular formula is C37H56N8O6. The standard InChI is InChI=1S/C37H56N8O6/c1-3-4-5-8-16-45(23-30(47)34(49)31(48)24-46)17-15-41-36(50)28-13-11-26(12-14-28)19-40-20-27(18-29-10-7-6-9-25(29)2)21-43-37(51)33-35(39)44-32(38)22-42-33/h6-7,9-14,22,27,30-31,34,40,46-49H,3-5,8,15-21,23-24H2,1-2H3,(H,41,50)(H,43,51)(H4,38,39,44). The Labute approximate surface area is 300 Å². The molecule has 1 heterocycles. The summed E-state index contributed by atoms with van der Waals surface area (Å²) in [7, 11) is 0. The van der Waals surface area contributed by atoms with E-state index >= 15 is 0 Å². The Morgan fingerprint density at radius 2 is 1.65 bits per heavy atom. The number of benzene rings is 2. The number of aryl methyl sites for hydroxylation is 1. The van der Waals surface area contributed by atoms with Crippen molar-refractivity contribution in [2.24, 2.45) is 5.92 Å². The molecule has 0 saturated carbocycles. The van der Waals surface area contributed by atoms with E-state index in [1.54, 1.807) is 12.1 Å². The molecule has 0 aliphatic carbocycles. The molecule has 4 unspecified atom stereocenters. The monoisotopic (exact) mass is 708 g/mol. The first-order valence-corrected chi connectivity index (χ1v) is 17.7. The summed E-state index contributed by atoms with van der Waals surface area (Å²) >= 11 is 0. The Hall–Kier alpha value is -4.18. The largest absolute Gasteiger partial charge is 0.394 e. The number of hydrogen-bond acceptors (Lipinski definition) is 12. The van der Waals surface area contributed by atoms with Crippen molar-refractivity contribution in [2.45, 2.75) is 70.8 Å². The van der Waals surface area contributed by atoms with Crippen molar-refractivity contribution in [3.63, 3.8) is 0 Å². The Bertz CT molecular complexity index is 1490. The number of carbonyl (C=O) groups is 2. The number of amides is 2. The number of aliphatic hydroxyl groups is 4. The van der Waals surface area contributed by atoms with E-state index in [0.29, 0.717) is 44.8 Å². The van der Waals surface area contributed by atoms with Crippen LogP contribution in [-0.4, -0.2) is 111 Å². The van der Waals surface area contributed by atoms with Crippen molar-refractivity contribution in [2.75, 3.05) is 57.3 Å². The van der Waals surface area contributed by atoms with Crippen LogP contribution in [0.4, 0.5) is 11.6 Å². The summed E-state index contributed by atoms with van der Waals surface area (Å²) in [4.78, 5) is 35.6. The third-order valence-electron chi connectivity index (χ3n) is 8.79. The molecule has 2 amide bonds. The third-order valence-corrected chi connectivity index (χ3v) is 8.79. The summed E-state index contributed by atoms with van der Waals surface area (Å²) in [5.41, 5.74) is 15.4. The summed E-state index contributed by atoms with van der Waals surface area (Å²) in [5, 5.41) is 48.7. The van der Waals surface area contributed by atoms with Crippen LogP contribution in [0.2, 0.25) is 0 Å². The van der Waals surface area contributed by atoms with E-state index in [1.165, 1.54) is 17.3 Å². The molecule has 0 bridgehead atoms. The average Bonchev–Trinajstić information content (AvgIpc) is 3.12. The van der Waals surface area contributed by atoms with Crippen LogP contribution in [0, 0.1) is 12.8 Å². The fourth-order valence-electron chi connectivity index (χ4n) is 5.70. The van der Waals surface area contributed by atoms with E-state index in [1.807, 2.05) is 29.2 Å². The minimum Gasteiger partial charge on any atom is -0.394 e. The first-order valence-electron chi connectivity index (χ1n) is 17.7. The first kappa shape index (κ1) is 41.2. The van der Waals surface area contributed by atoms with Crippen molar-refractivity contribution in [3.05, 3.63) is 82.7 Å². The highest BCUT2D eigenvalue weighted by Gasteiger charge is 2.26. The maximum Gasteiger partial charge on any atom is 0.273 e. The summed E-state index contributed by atoms with van der Waals surface area (Å²) in [6.07, 6.45) is 2.01. The van der Waals surface area contributed by atoms with Gasteiger partial charge in [-0.3, -0.25) is 14.5 Å². The Kier molecular flexibility index (Phi) is 17.7. The molecule has 4 atom stereocenters. The normalized spacial score (nSPS) is 13.8. The van der Waals surface area contributed by atoms with Crippen molar-refractivity contribution in [3.8, 4) is 0 Å². The van der Waals surface area contributed by atoms with Gasteiger partial charge in [0.05, 0.1) is 18.9 Å². The van der Waals surface area contributed by atoms with Gasteiger partial charge in [-0.15, -0.1) is 0 Å². The van der Waals surface area contributed by atoms with Crippen LogP contribution >= 0.6 is 0 Å². The highest BCUT2D eigenvalue weighted by atomic mass is 16.4. The second kappa shape index (κ2) is 21.9. The number of nitrogens with one attached hydrogen (secondary N) is 3. The number of aromatic nitrogens is 2. The fourth-order valence-corrected chi connectivity index (χ4v) is 5.70. The minimum absolute atomic E-state index is 0.0228. The van der Waals surface area contributed by atoms with E-state index in [0.717, 1.165) is 37.7 Å². The van der Waals surface area contributed by atoms with Crippen molar-refractivity contribution < 1.29 is 30.0 Å². The summed E-state index contributed by atoms with van der Waals surface area (Å²) in [6, 6.07) is 15.5. The zero-order chi connectivity index (χ0) is 37.2. The van der Waals surface area contributed by atoms with Gasteiger partial charge in [0.1, 0.15) is 18.0 Å². The van der Waals surface area contributed by atoms with Crippen LogP contribution in [-0.2, 0) is 13.0 Å². The predicted octanol–water partition coefficient (Wildman–Crippen LogP) is 1.02. The second-order valence-corrected chi connectivity index (χ2v) is 13.0. The molecule has 1 aromatic heterocycles. The molecule has 0 saturated heterocycles. The predicted molar refractivity (Wildman–Crippen MR) is 198 cm³/mol. The SMILES string of the molecule is CCCCCCN(CCNC(=O)c1ccc(CNCC(CNC(=O)c2ncc(N)nc2N)Cc2ccccc2C)cc1)CC(O)C(O)C(O)CO. The molecule has 0 aliphatic heterocycles. The number of rotatable bonds is 23. The number of nitrogens with two attached hydrogens (primary N) is 2. The van der Waals surface area contributed by atoms with Crippen LogP contribution < -0.4 is 27.4 Å². The van der Waals surface area contributed by atoms with Gasteiger partial charge in [0.15, 0.2) is 11.5 Å². The van der Waals surface area contributed by atoms with E-state index in [4.69, 9.17) is 16.6 Å². The van der Waals surface area contributed by atoms with Crippen molar-refractivity contribution in [1.29, 1.82) is 0 Å². The van der Waals surface area contributed by atoms with Gasteiger partial charge in [-0.05, 0) is 61.1 Å². The highest BCUT2D eigenvalue weighted by Crippen LogP contribution is 2.15. The Morgan fingerprint density at radius 3 is 2.33 bits per heavy atom. The van der Waals surface area contributed by atoms with Gasteiger partial charge >= 0.3 is 0 Å². The third kappa shape index (κ3) is 14.2. The molecule has 280 valence electrons. The Balaban J connectivity index is 1.52. The van der Waals surface area contributed by atoms with Crippen molar-refractivity contribution in [1.82, 2.24) is 30.8 Å². The van der Waals surface area contributed by atoms with Gasteiger partial charge in [-0.2, -0.15) is 0 Å². The maximum absolute atomic E-state index is 12.9. The van der Waals surface area contributed by atoms with Crippen LogP contribution in [0.15, 0.2) is 54.7 Å². The van der Waals surface area contributed by atoms with Gasteiger partial charge in [-0.1, -0.05) is 62.6 Å². The molecule has 0 spiro atoms. The number of nitrogens with zero attached hydrogens (tertiary/aromatic N) is 3. The molecule has 0 fully saturated rings. The number of aliphatic hydroxyl groups excluding tert-OH is 4. The molecule has 14 nitrogen and oxygen atoms in total. The van der Waals surface area contributed by atoms with Crippen LogP contribution in [0.1, 0.15) is 70.1 Å². The van der Waals surface area contributed by atoms with Gasteiger partial charge in [0, 0.05) is 44.8 Å². The van der Waals surface area contributed by atoms with Crippen LogP contribution in [0.5, 0.6) is 0 Å². The average molecular weight is 709 g/mol. The van der Waals surface area contributed by atoms with Crippen LogP contribution in [0.25, 0.3) is 0 Å². The molecule has 11 N–H and O–H groups in total. The quantitative estimate of drug-likeness (QED) is 0.0629. The zero-order valence-corrected chi connectivity index (χ0v) is 29.8. The lowest BCUT2D eigenvalue weighted by Gasteiger charge is -2.29. The molecule has 3 rings (SSSR count). The van der Waals surface area contributed by atoms with Gasteiger partial charge < -0.3 is 47.8 Å². The molecule has 2 aromatic carbocycles. The lowest BCUT2D eigenvalue weighted by molar-refractivity contribution is -0.0840. The number of unbranched alkanes of at least 4 members (excludes halogenated alkanes) is 3. The van der Waals surface area contributed by atoms with Crippen LogP contribution in [0.3, 0.4) is 0 Å². The molecule has 51 heavy (non-hydrogen) atoms.